The quantitative estimate of drug-likeness (QED) is 0.510. The Morgan fingerprint density at radius 3 is 1.32 bits per heavy atom. The van der Waals surface area contributed by atoms with Crippen molar-refractivity contribution in [3.63, 3.8) is 0 Å². The third-order valence-electron chi connectivity index (χ3n) is 4.97. The van der Waals surface area contributed by atoms with E-state index in [1.165, 1.54) is 24.3 Å². The van der Waals surface area contributed by atoms with Gasteiger partial charge in [0.1, 0.15) is 11.5 Å². The molecule has 0 radical (unpaired) electrons. The summed E-state index contributed by atoms with van der Waals surface area (Å²) in [5.41, 5.74) is 1.70. The molecule has 2 aromatic carbocycles. The highest BCUT2D eigenvalue weighted by atomic mass is 31.2. The van der Waals surface area contributed by atoms with Gasteiger partial charge < -0.3 is 9.05 Å². The van der Waals surface area contributed by atoms with E-state index in [2.05, 4.69) is 9.05 Å². The van der Waals surface area contributed by atoms with Crippen LogP contribution in [-0.2, 0) is 14.5 Å². The first-order valence-corrected chi connectivity index (χ1v) is 11.8. The van der Waals surface area contributed by atoms with Crippen molar-refractivity contribution in [3.8, 4) is 11.5 Å². The lowest BCUT2D eigenvalue weighted by molar-refractivity contribution is 0.281. The molecule has 0 bridgehead atoms. The summed E-state index contributed by atoms with van der Waals surface area (Å²) in [5, 5.41) is 0. The van der Waals surface area contributed by atoms with Crippen LogP contribution in [0, 0.1) is 0 Å². The smallest absolute Gasteiger partial charge is 0.404 e. The predicted octanol–water partition coefficient (Wildman–Crippen LogP) is 3.88. The minimum Gasteiger partial charge on any atom is -0.404 e. The number of rotatable bonds is 6. The van der Waals surface area contributed by atoms with Crippen LogP contribution in [-0.4, -0.2) is 19.6 Å². The van der Waals surface area contributed by atoms with Gasteiger partial charge in [-0.2, -0.15) is 0 Å². The summed E-state index contributed by atoms with van der Waals surface area (Å²) < 4.78 is 31.3. The Hall–Kier alpha value is -1.66. The minimum atomic E-state index is -4.61. The van der Waals surface area contributed by atoms with Crippen LogP contribution >= 0.6 is 15.6 Å². The van der Waals surface area contributed by atoms with E-state index in [9.17, 15) is 9.13 Å². The van der Waals surface area contributed by atoms with Gasteiger partial charge in [0.25, 0.3) is 0 Å². The van der Waals surface area contributed by atoms with Gasteiger partial charge in [-0.1, -0.05) is 43.5 Å². The summed E-state index contributed by atoms with van der Waals surface area (Å²) in [6.45, 7) is 0. The third kappa shape index (κ3) is 5.23. The molecule has 0 aromatic heterocycles. The molecule has 0 aliphatic heterocycles. The van der Waals surface area contributed by atoms with Crippen LogP contribution < -0.4 is 9.05 Å². The molecule has 10 heteroatoms. The summed E-state index contributed by atoms with van der Waals surface area (Å²) in [4.78, 5) is 35.8. The predicted molar refractivity (Wildman–Crippen MR) is 102 cm³/mol. The van der Waals surface area contributed by atoms with E-state index in [-0.39, 0.29) is 16.9 Å². The second-order valence-electron chi connectivity index (χ2n) is 6.86. The summed E-state index contributed by atoms with van der Waals surface area (Å²) in [6.07, 6.45) is 4.97. The minimum absolute atomic E-state index is 0.0911. The molecule has 0 unspecified atom stereocenters. The topological polar surface area (TPSA) is 134 Å². The van der Waals surface area contributed by atoms with Crippen LogP contribution in [0.4, 0.5) is 0 Å². The normalized spacial score (nSPS) is 17.1. The maximum atomic E-state index is 11.0. The van der Waals surface area contributed by atoms with E-state index in [0.717, 1.165) is 43.2 Å². The fraction of sp³-hybridized carbons (Fsp3) is 0.333. The van der Waals surface area contributed by atoms with Crippen molar-refractivity contribution < 1.29 is 37.8 Å². The molecule has 0 atom stereocenters. The molecule has 1 aliphatic carbocycles. The second kappa shape index (κ2) is 7.99. The van der Waals surface area contributed by atoms with E-state index in [0.29, 0.717) is 0 Å². The molecule has 152 valence electrons. The number of benzene rings is 2. The van der Waals surface area contributed by atoms with Crippen LogP contribution in [0.1, 0.15) is 43.2 Å². The number of phosphoric acid groups is 2. The highest BCUT2D eigenvalue weighted by Crippen LogP contribution is 2.47. The SMILES string of the molecule is O=P(O)(O)Oc1ccc(C2(c3ccc(OP(=O)(O)O)cc3)CCCCC2)cc1. The lowest BCUT2D eigenvalue weighted by Gasteiger charge is -2.38. The first-order valence-electron chi connectivity index (χ1n) is 8.79. The van der Waals surface area contributed by atoms with Crippen LogP contribution in [0.3, 0.4) is 0 Å². The Balaban J connectivity index is 1.93. The van der Waals surface area contributed by atoms with Gasteiger partial charge in [-0.3, -0.25) is 19.6 Å². The average Bonchev–Trinajstić information content (AvgIpc) is 2.61. The number of hydrogen-bond donors (Lipinski definition) is 4. The van der Waals surface area contributed by atoms with E-state index in [4.69, 9.17) is 19.6 Å². The van der Waals surface area contributed by atoms with Gasteiger partial charge in [0.15, 0.2) is 0 Å². The van der Waals surface area contributed by atoms with Crippen molar-refractivity contribution in [2.24, 2.45) is 0 Å². The van der Waals surface area contributed by atoms with Crippen LogP contribution in [0.2, 0.25) is 0 Å². The molecule has 1 fully saturated rings. The van der Waals surface area contributed by atoms with Crippen molar-refractivity contribution >= 4 is 15.6 Å². The Bertz CT molecular complexity index is 823. The van der Waals surface area contributed by atoms with E-state index < -0.39 is 15.6 Å². The van der Waals surface area contributed by atoms with E-state index >= 15 is 0 Å². The van der Waals surface area contributed by atoms with Gasteiger partial charge in [-0.05, 0) is 48.2 Å². The maximum absolute atomic E-state index is 11.0. The first kappa shape index (κ1) is 21.1. The molecule has 0 spiro atoms. The Morgan fingerprint density at radius 2 is 1.00 bits per heavy atom. The van der Waals surface area contributed by atoms with E-state index in [1.54, 1.807) is 24.3 Å². The summed E-state index contributed by atoms with van der Waals surface area (Å²) in [7, 11) is -9.22. The first-order chi connectivity index (χ1) is 13.1. The molecule has 0 heterocycles. The fourth-order valence-electron chi connectivity index (χ4n) is 3.84. The zero-order chi connectivity index (χ0) is 20.4. The summed E-state index contributed by atoms with van der Waals surface area (Å²) >= 11 is 0. The van der Waals surface area contributed by atoms with Crippen LogP contribution in [0.25, 0.3) is 0 Å². The monoisotopic (exact) mass is 428 g/mol. The lowest BCUT2D eigenvalue weighted by atomic mass is 9.65. The average molecular weight is 428 g/mol. The van der Waals surface area contributed by atoms with Crippen molar-refractivity contribution in [1.82, 2.24) is 0 Å². The largest absolute Gasteiger partial charge is 0.524 e. The summed E-state index contributed by atoms with van der Waals surface area (Å²) in [5.74, 6) is 0.182. The van der Waals surface area contributed by atoms with Crippen molar-refractivity contribution in [2.75, 3.05) is 0 Å². The zero-order valence-electron chi connectivity index (χ0n) is 15.0. The molecular formula is C18H22O8P2. The lowest BCUT2D eigenvalue weighted by Crippen LogP contribution is -2.30. The Kier molecular flexibility index (Phi) is 6.01. The van der Waals surface area contributed by atoms with Gasteiger partial charge in [0, 0.05) is 5.41 Å². The van der Waals surface area contributed by atoms with Gasteiger partial charge in [0.05, 0.1) is 0 Å². The van der Waals surface area contributed by atoms with Crippen molar-refractivity contribution in [1.29, 1.82) is 0 Å². The van der Waals surface area contributed by atoms with Crippen molar-refractivity contribution in [2.45, 2.75) is 37.5 Å². The van der Waals surface area contributed by atoms with Crippen LogP contribution in [0.15, 0.2) is 48.5 Å². The molecule has 1 saturated carbocycles. The molecule has 0 amide bonds. The molecule has 3 rings (SSSR count). The standard InChI is InChI=1S/C18H22O8P2/c19-27(20,21)25-16-8-4-14(5-9-16)18(12-2-1-3-13-18)15-6-10-17(11-7-15)26-28(22,23)24/h4-11H,1-3,12-13H2,(H2,19,20,21)(H2,22,23,24). The third-order valence-corrected chi connectivity index (χ3v) is 5.87. The second-order valence-corrected chi connectivity index (χ2v) is 9.18. The molecule has 0 saturated heterocycles. The highest BCUT2D eigenvalue weighted by Gasteiger charge is 2.36. The van der Waals surface area contributed by atoms with Gasteiger partial charge >= 0.3 is 15.6 Å². The Labute approximate surface area is 162 Å². The highest BCUT2D eigenvalue weighted by molar-refractivity contribution is 7.47. The maximum Gasteiger partial charge on any atom is 0.524 e. The van der Waals surface area contributed by atoms with Crippen molar-refractivity contribution in [3.05, 3.63) is 59.7 Å². The van der Waals surface area contributed by atoms with Crippen LogP contribution in [0.5, 0.6) is 11.5 Å². The molecule has 4 N–H and O–H groups in total. The molecule has 8 nitrogen and oxygen atoms in total. The molecule has 1 aliphatic rings. The van der Waals surface area contributed by atoms with Gasteiger partial charge in [0.2, 0.25) is 0 Å². The van der Waals surface area contributed by atoms with Gasteiger partial charge in [-0.25, -0.2) is 9.13 Å². The molecule has 28 heavy (non-hydrogen) atoms. The number of hydrogen-bond acceptors (Lipinski definition) is 4. The molecular weight excluding hydrogens is 406 g/mol. The summed E-state index contributed by atoms with van der Waals surface area (Å²) in [6, 6.07) is 13.4. The number of phosphoric ester groups is 2. The van der Waals surface area contributed by atoms with E-state index in [1.807, 2.05) is 0 Å². The zero-order valence-corrected chi connectivity index (χ0v) is 16.8. The Morgan fingerprint density at radius 1 is 0.643 bits per heavy atom. The fourth-order valence-corrected chi connectivity index (χ4v) is 4.64. The molecule has 2 aromatic rings. The van der Waals surface area contributed by atoms with Gasteiger partial charge in [-0.15, -0.1) is 0 Å².